The van der Waals surface area contributed by atoms with Crippen LogP contribution >= 0.6 is 15.9 Å². The molecule has 2 nitrogen and oxygen atoms in total. The zero-order valence-electron chi connectivity index (χ0n) is 8.79. The lowest BCUT2D eigenvalue weighted by Gasteiger charge is -2.11. The van der Waals surface area contributed by atoms with Gasteiger partial charge in [0, 0.05) is 4.47 Å². The average Bonchev–Trinajstić information content (AvgIpc) is 2.83. The second-order valence-electron chi connectivity index (χ2n) is 4.35. The Bertz CT molecular complexity index is 529. The fourth-order valence-corrected chi connectivity index (χ4v) is 2.93. The van der Waals surface area contributed by atoms with Crippen LogP contribution in [0.1, 0.15) is 31.7 Å². The molecule has 1 heterocycles. The van der Waals surface area contributed by atoms with Crippen LogP contribution in [0.25, 0.3) is 10.9 Å². The minimum absolute atomic E-state index is 0.200. The molecule has 2 aromatic rings. The van der Waals surface area contributed by atoms with Crippen molar-refractivity contribution >= 4 is 26.8 Å². The van der Waals surface area contributed by atoms with E-state index in [2.05, 4.69) is 21.0 Å². The Balaban J connectivity index is 2.18. The minimum atomic E-state index is -0.200. The van der Waals surface area contributed by atoms with Gasteiger partial charge in [-0.2, -0.15) is 5.10 Å². The first-order valence-corrected chi connectivity index (χ1v) is 6.37. The largest absolute Gasteiger partial charge is 0.262 e. The minimum Gasteiger partial charge on any atom is -0.262 e. The summed E-state index contributed by atoms with van der Waals surface area (Å²) >= 11 is 3.33. The molecule has 16 heavy (non-hydrogen) atoms. The van der Waals surface area contributed by atoms with Gasteiger partial charge in [0.1, 0.15) is 5.82 Å². The maximum atomic E-state index is 13.7. The summed E-state index contributed by atoms with van der Waals surface area (Å²) in [5, 5.41) is 4.96. The van der Waals surface area contributed by atoms with Crippen LogP contribution in [0.2, 0.25) is 0 Å². The summed E-state index contributed by atoms with van der Waals surface area (Å²) in [6.07, 6.45) is 6.45. The standard InChI is InChI=1S/C12H12BrFN2/c13-8-5-11(14)10-7-15-16(12(10)6-8)9-3-1-2-4-9/h5-7,9H,1-4H2. The van der Waals surface area contributed by atoms with E-state index in [0.717, 1.165) is 22.8 Å². The van der Waals surface area contributed by atoms with E-state index >= 15 is 0 Å². The predicted octanol–water partition coefficient (Wildman–Crippen LogP) is 4.05. The summed E-state index contributed by atoms with van der Waals surface area (Å²) in [7, 11) is 0. The van der Waals surface area contributed by atoms with Gasteiger partial charge < -0.3 is 0 Å². The fraction of sp³-hybridized carbons (Fsp3) is 0.417. The van der Waals surface area contributed by atoms with Crippen LogP contribution in [-0.4, -0.2) is 9.78 Å². The van der Waals surface area contributed by atoms with Gasteiger partial charge in [0.15, 0.2) is 0 Å². The topological polar surface area (TPSA) is 17.8 Å². The Morgan fingerprint density at radius 3 is 2.81 bits per heavy atom. The number of benzene rings is 1. The number of fused-ring (bicyclic) bond motifs is 1. The highest BCUT2D eigenvalue weighted by molar-refractivity contribution is 9.10. The van der Waals surface area contributed by atoms with Crippen molar-refractivity contribution in [3.05, 3.63) is 28.6 Å². The van der Waals surface area contributed by atoms with Crippen LogP contribution in [-0.2, 0) is 0 Å². The van der Waals surface area contributed by atoms with Crippen molar-refractivity contribution in [2.24, 2.45) is 0 Å². The summed E-state index contributed by atoms with van der Waals surface area (Å²) in [5.41, 5.74) is 0.902. The highest BCUT2D eigenvalue weighted by atomic mass is 79.9. The maximum absolute atomic E-state index is 13.7. The Kier molecular flexibility index (Phi) is 2.46. The normalized spacial score (nSPS) is 17.4. The van der Waals surface area contributed by atoms with Gasteiger partial charge in [-0.3, -0.25) is 4.68 Å². The smallest absolute Gasteiger partial charge is 0.135 e. The second kappa shape index (κ2) is 3.84. The van der Waals surface area contributed by atoms with Gasteiger partial charge in [0.25, 0.3) is 0 Å². The quantitative estimate of drug-likeness (QED) is 0.772. The van der Waals surface area contributed by atoms with Gasteiger partial charge in [-0.15, -0.1) is 0 Å². The van der Waals surface area contributed by atoms with E-state index in [-0.39, 0.29) is 5.82 Å². The van der Waals surface area contributed by atoms with Gasteiger partial charge >= 0.3 is 0 Å². The van der Waals surface area contributed by atoms with E-state index in [0.29, 0.717) is 11.4 Å². The summed E-state index contributed by atoms with van der Waals surface area (Å²) in [4.78, 5) is 0. The first-order chi connectivity index (χ1) is 7.75. The third kappa shape index (κ3) is 1.56. The average molecular weight is 283 g/mol. The highest BCUT2D eigenvalue weighted by Gasteiger charge is 2.20. The molecule has 1 aromatic carbocycles. The van der Waals surface area contributed by atoms with Crippen molar-refractivity contribution in [2.45, 2.75) is 31.7 Å². The zero-order chi connectivity index (χ0) is 11.1. The van der Waals surface area contributed by atoms with Crippen molar-refractivity contribution in [3.63, 3.8) is 0 Å². The molecule has 0 amide bonds. The molecule has 0 bridgehead atoms. The van der Waals surface area contributed by atoms with Crippen molar-refractivity contribution in [2.75, 3.05) is 0 Å². The lowest BCUT2D eigenvalue weighted by Crippen LogP contribution is -2.05. The van der Waals surface area contributed by atoms with Crippen LogP contribution in [0.4, 0.5) is 4.39 Å². The monoisotopic (exact) mass is 282 g/mol. The molecule has 0 saturated heterocycles. The molecule has 84 valence electrons. The van der Waals surface area contributed by atoms with Gasteiger partial charge in [-0.25, -0.2) is 4.39 Å². The fourth-order valence-electron chi connectivity index (χ4n) is 2.51. The van der Waals surface area contributed by atoms with Crippen LogP contribution in [0, 0.1) is 5.82 Å². The first-order valence-electron chi connectivity index (χ1n) is 5.58. The molecule has 1 aliphatic carbocycles. The van der Waals surface area contributed by atoms with E-state index in [1.807, 2.05) is 10.7 Å². The number of hydrogen-bond acceptors (Lipinski definition) is 1. The van der Waals surface area contributed by atoms with Crippen molar-refractivity contribution < 1.29 is 4.39 Å². The van der Waals surface area contributed by atoms with Crippen LogP contribution in [0.5, 0.6) is 0 Å². The molecule has 1 fully saturated rings. The molecule has 1 aromatic heterocycles. The Morgan fingerprint density at radius 2 is 2.06 bits per heavy atom. The van der Waals surface area contributed by atoms with Gasteiger partial charge in [0.05, 0.1) is 23.1 Å². The third-order valence-electron chi connectivity index (χ3n) is 3.30. The molecule has 0 atom stereocenters. The Labute approximate surface area is 102 Å². The van der Waals surface area contributed by atoms with Crippen molar-refractivity contribution in [1.82, 2.24) is 9.78 Å². The van der Waals surface area contributed by atoms with Crippen LogP contribution < -0.4 is 0 Å². The number of nitrogens with zero attached hydrogens (tertiary/aromatic N) is 2. The van der Waals surface area contributed by atoms with Gasteiger partial charge in [-0.05, 0) is 25.0 Å². The summed E-state index contributed by atoms with van der Waals surface area (Å²) < 4.78 is 16.4. The molecule has 1 aliphatic rings. The summed E-state index contributed by atoms with van der Waals surface area (Å²) in [6.45, 7) is 0. The first kappa shape index (κ1) is 10.3. The zero-order valence-corrected chi connectivity index (χ0v) is 10.4. The van der Waals surface area contributed by atoms with Gasteiger partial charge in [-0.1, -0.05) is 28.8 Å². The molecule has 0 aliphatic heterocycles. The lowest BCUT2D eigenvalue weighted by atomic mass is 10.2. The molecule has 0 N–H and O–H groups in total. The highest BCUT2D eigenvalue weighted by Crippen LogP contribution is 2.33. The number of aromatic nitrogens is 2. The van der Waals surface area contributed by atoms with E-state index in [1.54, 1.807) is 6.20 Å². The molecule has 0 radical (unpaired) electrons. The van der Waals surface area contributed by atoms with E-state index < -0.39 is 0 Å². The molecule has 0 spiro atoms. The number of halogens is 2. The van der Waals surface area contributed by atoms with Crippen molar-refractivity contribution in [3.8, 4) is 0 Å². The van der Waals surface area contributed by atoms with E-state index in [4.69, 9.17) is 0 Å². The third-order valence-corrected chi connectivity index (χ3v) is 3.76. The van der Waals surface area contributed by atoms with Crippen molar-refractivity contribution in [1.29, 1.82) is 0 Å². The Hall–Kier alpha value is -0.900. The number of rotatable bonds is 1. The second-order valence-corrected chi connectivity index (χ2v) is 5.26. The van der Waals surface area contributed by atoms with E-state index in [9.17, 15) is 4.39 Å². The summed E-state index contributed by atoms with van der Waals surface area (Å²) in [5.74, 6) is -0.200. The molecule has 3 rings (SSSR count). The summed E-state index contributed by atoms with van der Waals surface area (Å²) in [6, 6.07) is 3.89. The lowest BCUT2D eigenvalue weighted by molar-refractivity contribution is 0.481. The van der Waals surface area contributed by atoms with Crippen LogP contribution in [0.3, 0.4) is 0 Å². The maximum Gasteiger partial charge on any atom is 0.135 e. The van der Waals surface area contributed by atoms with Gasteiger partial charge in [0.2, 0.25) is 0 Å². The Morgan fingerprint density at radius 1 is 1.31 bits per heavy atom. The predicted molar refractivity (Wildman–Crippen MR) is 64.9 cm³/mol. The van der Waals surface area contributed by atoms with E-state index in [1.165, 1.54) is 18.9 Å². The molecule has 0 unspecified atom stereocenters. The number of hydrogen-bond donors (Lipinski definition) is 0. The molecular weight excluding hydrogens is 271 g/mol. The molecule has 4 heteroatoms. The molecule has 1 saturated carbocycles. The SMILES string of the molecule is Fc1cc(Br)cc2c1cnn2C1CCCC1. The molecular formula is C12H12BrFN2. The van der Waals surface area contributed by atoms with Crippen LogP contribution in [0.15, 0.2) is 22.8 Å².